The lowest BCUT2D eigenvalue weighted by molar-refractivity contribution is 0.670. The molecule has 0 atom stereocenters. The molecule has 12 rings (SSSR count). The molecule has 0 fully saturated rings. The van der Waals surface area contributed by atoms with Gasteiger partial charge in [-0.3, -0.25) is 0 Å². The Bertz CT molecular complexity index is 3760. The zero-order valence-corrected chi connectivity index (χ0v) is 34.2. The molecule has 9 aromatic carbocycles. The lowest BCUT2D eigenvalue weighted by Crippen LogP contribution is -2.33. The van der Waals surface area contributed by atoms with Gasteiger partial charge in [0, 0.05) is 49.7 Å². The summed E-state index contributed by atoms with van der Waals surface area (Å²) in [6.07, 6.45) is 0. The van der Waals surface area contributed by atoms with Crippen molar-refractivity contribution in [2.24, 2.45) is 0 Å². The molecule has 12 radical (unpaired) electrons. The van der Waals surface area contributed by atoms with Gasteiger partial charge in [-0.2, -0.15) is 0 Å². The molecule has 0 bridgehead atoms. The molecule has 0 aliphatic heterocycles. The van der Waals surface area contributed by atoms with E-state index in [1.807, 2.05) is 71.3 Å². The molecule has 0 unspecified atom stereocenters. The van der Waals surface area contributed by atoms with Crippen molar-refractivity contribution in [2.75, 3.05) is 0 Å². The third kappa shape index (κ3) is 5.84. The van der Waals surface area contributed by atoms with Crippen LogP contribution >= 0.6 is 0 Å². The molecule has 0 amide bonds. The minimum Gasteiger partial charge on any atom is -0.455 e. The Morgan fingerprint density at radius 2 is 0.922 bits per heavy atom. The topological polar surface area (TPSA) is 56.7 Å². The van der Waals surface area contributed by atoms with Crippen LogP contribution in [-0.2, 0) is 0 Å². The number of fused-ring (bicyclic) bond motifs is 8. The minimum absolute atomic E-state index is 0.327. The van der Waals surface area contributed by atoms with Gasteiger partial charge in [0.15, 0.2) is 17.5 Å². The standard InChI is InChI=1S/C53H26B6N4O/c54-39-25-41(56)48-44(46(39)58)45-47(59)40(55)26-42(57)49(45)63(48)31-23-37(29-10-2-1-3-11-29)50-38(24-31)34-21-20-30(22-43(34)64-50)51-60-52(35-18-8-14-27-12-4-6-16-32(27)35)62-53(61-51)36-19-9-15-28-13-5-7-17-33(28)36/h1-26H. The number of aromatic nitrogens is 4. The molecule has 3 aromatic heterocycles. The lowest BCUT2D eigenvalue weighted by atomic mass is 9.71. The number of nitrogens with zero attached hydrogens (tertiary/aromatic N) is 4. The van der Waals surface area contributed by atoms with E-state index >= 15 is 0 Å². The molecule has 11 heteroatoms. The SMILES string of the molecule is [B]c1cc([B])c2c(c1[B])c1c([B])c([B])cc([B])c1n2-c1cc(-c2ccccc2)c2oc3cc(-c4nc(-c5cccc6ccccc56)nc(-c5cccc6ccccc56)n4)ccc3c2c1. The second-order valence-electron chi connectivity index (χ2n) is 16.1. The molecule has 282 valence electrons. The zero-order chi connectivity index (χ0) is 43.4. The highest BCUT2D eigenvalue weighted by Gasteiger charge is 2.24. The van der Waals surface area contributed by atoms with Gasteiger partial charge in [0.1, 0.15) is 58.2 Å². The fraction of sp³-hybridized carbons (Fsp3) is 0. The minimum atomic E-state index is 0.327. The Kier molecular flexibility index (Phi) is 8.67. The van der Waals surface area contributed by atoms with Gasteiger partial charge in [0.25, 0.3) is 0 Å². The van der Waals surface area contributed by atoms with E-state index in [0.29, 0.717) is 83.2 Å². The number of hydrogen-bond donors (Lipinski definition) is 0. The third-order valence-corrected chi connectivity index (χ3v) is 12.4. The smallest absolute Gasteiger partial charge is 0.164 e. The van der Waals surface area contributed by atoms with E-state index < -0.39 is 0 Å². The first-order valence-corrected chi connectivity index (χ1v) is 20.8. The summed E-state index contributed by atoms with van der Waals surface area (Å²) in [4.78, 5) is 15.5. The van der Waals surface area contributed by atoms with E-state index in [0.717, 1.165) is 65.8 Å². The van der Waals surface area contributed by atoms with Crippen molar-refractivity contribution < 1.29 is 4.42 Å². The van der Waals surface area contributed by atoms with Gasteiger partial charge in [0.05, 0.1) is 0 Å². The van der Waals surface area contributed by atoms with Gasteiger partial charge in [0.2, 0.25) is 0 Å². The van der Waals surface area contributed by atoms with Crippen molar-refractivity contribution in [2.45, 2.75) is 0 Å². The Morgan fingerprint density at radius 1 is 0.391 bits per heavy atom. The second-order valence-corrected chi connectivity index (χ2v) is 16.1. The van der Waals surface area contributed by atoms with Gasteiger partial charge < -0.3 is 8.98 Å². The van der Waals surface area contributed by atoms with E-state index in [-0.39, 0.29) is 0 Å². The average molecular weight is 800 g/mol. The normalized spacial score (nSPS) is 11.8. The fourth-order valence-corrected chi connectivity index (χ4v) is 9.37. The molecular weight excluding hydrogens is 773 g/mol. The molecule has 0 aliphatic carbocycles. The Morgan fingerprint density at radius 3 is 1.52 bits per heavy atom. The highest BCUT2D eigenvalue weighted by molar-refractivity contribution is 6.62. The second kappa shape index (κ2) is 14.5. The largest absolute Gasteiger partial charge is 0.455 e. The Balaban J connectivity index is 1.12. The summed E-state index contributed by atoms with van der Waals surface area (Å²) < 4.78 is 8.90. The van der Waals surface area contributed by atoms with Crippen LogP contribution in [0.25, 0.3) is 116 Å². The number of benzene rings is 9. The Labute approximate surface area is 376 Å². The molecule has 0 N–H and O–H groups in total. The quantitative estimate of drug-likeness (QED) is 0.184. The van der Waals surface area contributed by atoms with Crippen LogP contribution in [0.4, 0.5) is 0 Å². The van der Waals surface area contributed by atoms with Crippen LogP contribution in [0.5, 0.6) is 0 Å². The maximum Gasteiger partial charge on any atom is 0.164 e. The number of furan rings is 1. The van der Waals surface area contributed by atoms with Gasteiger partial charge >= 0.3 is 0 Å². The summed E-state index contributed by atoms with van der Waals surface area (Å²) in [5, 5.41) is 7.18. The predicted molar refractivity (Wildman–Crippen MR) is 271 cm³/mol. The van der Waals surface area contributed by atoms with Crippen LogP contribution in [-0.4, -0.2) is 66.6 Å². The molecule has 12 aromatic rings. The van der Waals surface area contributed by atoms with E-state index in [1.54, 1.807) is 12.1 Å². The first kappa shape index (κ1) is 38.2. The van der Waals surface area contributed by atoms with Gasteiger partial charge in [-0.1, -0.05) is 155 Å². The molecule has 0 spiro atoms. The molecule has 0 aliphatic rings. The summed E-state index contributed by atoms with van der Waals surface area (Å²) in [6, 6.07) is 52.6. The van der Waals surface area contributed by atoms with Crippen LogP contribution in [0, 0.1) is 0 Å². The highest BCUT2D eigenvalue weighted by atomic mass is 16.3. The maximum absolute atomic E-state index is 6.91. The average Bonchev–Trinajstić information content (AvgIpc) is 3.89. The zero-order valence-electron chi connectivity index (χ0n) is 34.2. The summed E-state index contributed by atoms with van der Waals surface area (Å²) in [5.74, 6) is 1.65. The van der Waals surface area contributed by atoms with E-state index in [4.69, 9.17) is 66.4 Å². The van der Waals surface area contributed by atoms with Crippen LogP contribution in [0.15, 0.2) is 162 Å². The first-order chi connectivity index (χ1) is 31.2. The van der Waals surface area contributed by atoms with Crippen molar-refractivity contribution in [1.29, 1.82) is 0 Å². The summed E-state index contributed by atoms with van der Waals surface area (Å²) >= 11 is 0. The third-order valence-electron chi connectivity index (χ3n) is 12.4. The van der Waals surface area contributed by atoms with E-state index in [2.05, 4.69) is 78.9 Å². The Hall–Kier alpha value is -7.50. The van der Waals surface area contributed by atoms with Crippen molar-refractivity contribution in [1.82, 2.24) is 19.5 Å². The molecule has 0 saturated heterocycles. The van der Waals surface area contributed by atoms with E-state index in [1.165, 1.54) is 0 Å². The van der Waals surface area contributed by atoms with Gasteiger partial charge in [-0.05, 0) is 62.1 Å². The first-order valence-electron chi connectivity index (χ1n) is 20.8. The molecular formula is C53H26B6N4O. The molecule has 5 nitrogen and oxygen atoms in total. The summed E-state index contributed by atoms with van der Waals surface area (Å²) in [7, 11) is 39.9. The number of rotatable bonds is 5. The van der Waals surface area contributed by atoms with Crippen LogP contribution in [0.2, 0.25) is 0 Å². The van der Waals surface area contributed by atoms with Crippen LogP contribution in [0.1, 0.15) is 0 Å². The van der Waals surface area contributed by atoms with Crippen molar-refractivity contribution in [3.63, 3.8) is 0 Å². The lowest BCUT2D eigenvalue weighted by Gasteiger charge is -2.15. The van der Waals surface area contributed by atoms with Crippen molar-refractivity contribution in [3.8, 4) is 51.0 Å². The van der Waals surface area contributed by atoms with Crippen LogP contribution in [0.3, 0.4) is 0 Å². The van der Waals surface area contributed by atoms with Crippen molar-refractivity contribution in [3.05, 3.63) is 158 Å². The van der Waals surface area contributed by atoms with Crippen LogP contribution < -0.4 is 32.8 Å². The van der Waals surface area contributed by atoms with Crippen molar-refractivity contribution >= 4 is 145 Å². The maximum atomic E-state index is 6.91. The monoisotopic (exact) mass is 800 g/mol. The molecule has 3 heterocycles. The van der Waals surface area contributed by atoms with Gasteiger partial charge in [-0.15, -0.1) is 10.9 Å². The highest BCUT2D eigenvalue weighted by Crippen LogP contribution is 2.41. The molecule has 0 saturated carbocycles. The fourth-order valence-electron chi connectivity index (χ4n) is 9.37. The van der Waals surface area contributed by atoms with Gasteiger partial charge in [-0.25, -0.2) is 15.0 Å². The predicted octanol–water partition coefficient (Wildman–Crippen LogP) is 6.61. The summed E-state index contributed by atoms with van der Waals surface area (Å²) in [6.45, 7) is 0. The summed E-state index contributed by atoms with van der Waals surface area (Å²) in [5.41, 5.74) is 9.82. The number of hydrogen-bond acceptors (Lipinski definition) is 4. The molecule has 64 heavy (non-hydrogen) atoms. The van der Waals surface area contributed by atoms with E-state index in [9.17, 15) is 0 Å².